The normalized spacial score (nSPS) is 24.0. The highest BCUT2D eigenvalue weighted by molar-refractivity contribution is 5.32. The summed E-state index contributed by atoms with van der Waals surface area (Å²) in [4.78, 5) is 4.57. The summed E-state index contributed by atoms with van der Waals surface area (Å²) in [5.74, 6) is 0. The summed E-state index contributed by atoms with van der Waals surface area (Å²) in [7, 11) is 0. The van der Waals surface area contributed by atoms with Gasteiger partial charge < -0.3 is 9.84 Å². The minimum absolute atomic E-state index is 0.204. The quantitative estimate of drug-likeness (QED) is 0.822. The lowest BCUT2D eigenvalue weighted by Crippen LogP contribution is -2.49. The van der Waals surface area contributed by atoms with E-state index in [9.17, 15) is 5.11 Å². The number of benzene rings is 1. The molecule has 0 radical (unpaired) electrons. The Balaban J connectivity index is 1.92. The van der Waals surface area contributed by atoms with E-state index in [2.05, 4.69) is 43.6 Å². The molecule has 0 spiro atoms. The third-order valence-electron chi connectivity index (χ3n) is 4.89. The first-order valence-corrected chi connectivity index (χ1v) is 9.22. The largest absolute Gasteiger partial charge is 0.390 e. The summed E-state index contributed by atoms with van der Waals surface area (Å²) in [5.41, 5.74) is 1.84. The lowest BCUT2D eigenvalue weighted by atomic mass is 10.0. The van der Waals surface area contributed by atoms with E-state index < -0.39 is 6.10 Å². The molecule has 138 valence electrons. The van der Waals surface area contributed by atoms with Gasteiger partial charge in [-0.25, -0.2) is 0 Å². The molecule has 25 heavy (non-hydrogen) atoms. The number of aliphatic hydroxyl groups is 1. The molecule has 1 heterocycles. The zero-order valence-electron chi connectivity index (χ0n) is 15.9. The van der Waals surface area contributed by atoms with E-state index in [4.69, 9.17) is 10.00 Å². The van der Waals surface area contributed by atoms with Crippen molar-refractivity contribution in [1.82, 2.24) is 9.80 Å². The fraction of sp³-hybridized carbons (Fsp3) is 0.650. The molecule has 0 aliphatic carbocycles. The molecule has 2 rings (SSSR count). The second kappa shape index (κ2) is 9.30. The van der Waals surface area contributed by atoms with Crippen LogP contribution in [0.4, 0.5) is 0 Å². The highest BCUT2D eigenvalue weighted by atomic mass is 16.5. The standard InChI is InChI=1S/C20H31N3O2/c1-5-23(17(4)19-8-6-18(10-21)7-9-19)14-20(24)13-22-11-15(2)25-16(3)12-22/h6-9,15-17,20,24H,5,11-14H2,1-4H3. The number of rotatable bonds is 7. The summed E-state index contributed by atoms with van der Waals surface area (Å²) < 4.78 is 5.76. The Morgan fingerprint density at radius 2 is 1.88 bits per heavy atom. The van der Waals surface area contributed by atoms with Gasteiger partial charge in [0.25, 0.3) is 0 Å². The lowest BCUT2D eigenvalue weighted by Gasteiger charge is -2.37. The number of likely N-dealkylation sites (N-methyl/N-ethyl adjacent to an activating group) is 1. The second-order valence-corrected chi connectivity index (χ2v) is 7.13. The fourth-order valence-corrected chi connectivity index (χ4v) is 3.67. The van der Waals surface area contributed by atoms with Crippen LogP contribution in [-0.2, 0) is 4.74 Å². The molecule has 0 bridgehead atoms. The summed E-state index contributed by atoms with van der Waals surface area (Å²) in [6, 6.07) is 10.1. The highest BCUT2D eigenvalue weighted by Gasteiger charge is 2.25. The summed E-state index contributed by atoms with van der Waals surface area (Å²) in [6.07, 6.45) is 0.0462. The number of hydrogen-bond donors (Lipinski definition) is 1. The van der Waals surface area contributed by atoms with Crippen LogP contribution in [0.3, 0.4) is 0 Å². The Bertz CT molecular complexity index is 559. The van der Waals surface area contributed by atoms with Gasteiger partial charge in [0.1, 0.15) is 0 Å². The number of hydrogen-bond acceptors (Lipinski definition) is 5. The first-order chi connectivity index (χ1) is 11.9. The maximum absolute atomic E-state index is 10.6. The minimum Gasteiger partial charge on any atom is -0.390 e. The Labute approximate surface area is 151 Å². The highest BCUT2D eigenvalue weighted by Crippen LogP contribution is 2.21. The van der Waals surface area contributed by atoms with Crippen molar-refractivity contribution in [3.8, 4) is 6.07 Å². The number of nitrogens with zero attached hydrogens (tertiary/aromatic N) is 3. The molecule has 0 amide bonds. The molecule has 1 aliphatic rings. The molecule has 0 saturated carbocycles. The van der Waals surface area contributed by atoms with Gasteiger partial charge >= 0.3 is 0 Å². The van der Waals surface area contributed by atoms with Crippen LogP contribution in [0.15, 0.2) is 24.3 Å². The predicted octanol–water partition coefficient (Wildman–Crippen LogP) is 2.41. The van der Waals surface area contributed by atoms with E-state index in [1.807, 2.05) is 24.3 Å². The van der Waals surface area contributed by atoms with E-state index in [0.29, 0.717) is 18.7 Å². The first-order valence-electron chi connectivity index (χ1n) is 9.22. The van der Waals surface area contributed by atoms with Gasteiger partial charge in [0, 0.05) is 32.2 Å². The van der Waals surface area contributed by atoms with Crippen molar-refractivity contribution in [2.75, 3.05) is 32.7 Å². The topological polar surface area (TPSA) is 59.7 Å². The molecular weight excluding hydrogens is 314 g/mol. The molecule has 1 aromatic carbocycles. The predicted molar refractivity (Wildman–Crippen MR) is 99.3 cm³/mol. The van der Waals surface area contributed by atoms with E-state index >= 15 is 0 Å². The van der Waals surface area contributed by atoms with Gasteiger partial charge in [-0.2, -0.15) is 5.26 Å². The SMILES string of the molecule is CCN(CC(O)CN1CC(C)OC(C)C1)C(C)c1ccc(C#N)cc1. The molecule has 1 saturated heterocycles. The number of nitriles is 1. The third-order valence-corrected chi connectivity index (χ3v) is 4.89. The summed E-state index contributed by atoms with van der Waals surface area (Å²) in [5, 5.41) is 19.5. The van der Waals surface area contributed by atoms with Crippen LogP contribution in [0, 0.1) is 11.3 Å². The van der Waals surface area contributed by atoms with E-state index in [1.165, 1.54) is 5.56 Å². The molecular formula is C20H31N3O2. The van der Waals surface area contributed by atoms with Crippen LogP contribution < -0.4 is 0 Å². The maximum Gasteiger partial charge on any atom is 0.0991 e. The van der Waals surface area contributed by atoms with Gasteiger partial charge in [-0.15, -0.1) is 0 Å². The van der Waals surface area contributed by atoms with E-state index in [0.717, 1.165) is 19.6 Å². The van der Waals surface area contributed by atoms with Crippen molar-refractivity contribution >= 4 is 0 Å². The molecule has 5 nitrogen and oxygen atoms in total. The third kappa shape index (κ3) is 5.79. The Morgan fingerprint density at radius 3 is 2.40 bits per heavy atom. The summed E-state index contributed by atoms with van der Waals surface area (Å²) in [6.45, 7) is 12.4. The monoisotopic (exact) mass is 345 g/mol. The van der Waals surface area contributed by atoms with Crippen molar-refractivity contribution in [2.45, 2.75) is 52.0 Å². The molecule has 1 aromatic rings. The van der Waals surface area contributed by atoms with E-state index in [-0.39, 0.29) is 18.2 Å². The molecule has 1 aliphatic heterocycles. The molecule has 5 heteroatoms. The smallest absolute Gasteiger partial charge is 0.0991 e. The number of β-amino-alcohol motifs (C(OH)–C–C–N with tert-alkyl or cyclic N) is 1. The van der Waals surface area contributed by atoms with Crippen LogP contribution in [0.1, 0.15) is 44.9 Å². The van der Waals surface area contributed by atoms with Crippen LogP contribution in [-0.4, -0.2) is 65.9 Å². The van der Waals surface area contributed by atoms with Gasteiger partial charge in [-0.05, 0) is 45.0 Å². The van der Waals surface area contributed by atoms with Gasteiger partial charge in [0.2, 0.25) is 0 Å². The average molecular weight is 345 g/mol. The van der Waals surface area contributed by atoms with E-state index in [1.54, 1.807) is 0 Å². The minimum atomic E-state index is -0.390. The molecule has 1 N–H and O–H groups in total. The van der Waals surface area contributed by atoms with Crippen molar-refractivity contribution in [3.05, 3.63) is 35.4 Å². The molecule has 1 fully saturated rings. The zero-order valence-corrected chi connectivity index (χ0v) is 15.9. The number of ether oxygens (including phenoxy) is 1. The van der Waals surface area contributed by atoms with Gasteiger partial charge in [-0.3, -0.25) is 9.80 Å². The lowest BCUT2D eigenvalue weighted by molar-refractivity contribution is -0.0784. The van der Waals surface area contributed by atoms with Crippen molar-refractivity contribution < 1.29 is 9.84 Å². The van der Waals surface area contributed by atoms with Crippen LogP contribution in [0.2, 0.25) is 0 Å². The van der Waals surface area contributed by atoms with Crippen LogP contribution in [0.25, 0.3) is 0 Å². The van der Waals surface area contributed by atoms with Crippen molar-refractivity contribution in [3.63, 3.8) is 0 Å². The van der Waals surface area contributed by atoms with Gasteiger partial charge in [0.15, 0.2) is 0 Å². The molecule has 4 unspecified atom stereocenters. The fourth-order valence-electron chi connectivity index (χ4n) is 3.67. The van der Waals surface area contributed by atoms with Crippen LogP contribution >= 0.6 is 0 Å². The molecule has 4 atom stereocenters. The maximum atomic E-state index is 10.6. The Kier molecular flexibility index (Phi) is 7.39. The Hall–Kier alpha value is -1.45. The first kappa shape index (κ1) is 19.9. The van der Waals surface area contributed by atoms with Crippen molar-refractivity contribution in [1.29, 1.82) is 5.26 Å². The van der Waals surface area contributed by atoms with Crippen LogP contribution in [0.5, 0.6) is 0 Å². The zero-order chi connectivity index (χ0) is 18.4. The average Bonchev–Trinajstić information content (AvgIpc) is 2.58. The summed E-state index contributed by atoms with van der Waals surface area (Å²) >= 11 is 0. The molecule has 0 aromatic heterocycles. The van der Waals surface area contributed by atoms with Crippen molar-refractivity contribution in [2.24, 2.45) is 0 Å². The Morgan fingerprint density at radius 1 is 1.28 bits per heavy atom. The number of aliphatic hydroxyl groups excluding tert-OH is 1. The van der Waals surface area contributed by atoms with Gasteiger partial charge in [0.05, 0.1) is 29.9 Å². The number of morpholine rings is 1. The second-order valence-electron chi connectivity index (χ2n) is 7.13. The van der Waals surface area contributed by atoms with Gasteiger partial charge in [-0.1, -0.05) is 19.1 Å².